The van der Waals surface area contributed by atoms with E-state index < -0.39 is 10.1 Å². The van der Waals surface area contributed by atoms with Crippen molar-refractivity contribution in [3.8, 4) is 17.2 Å². The highest BCUT2D eigenvalue weighted by Crippen LogP contribution is 2.35. The third kappa shape index (κ3) is 4.14. The molecule has 0 saturated heterocycles. The van der Waals surface area contributed by atoms with Crippen LogP contribution < -0.4 is 19.0 Å². The highest BCUT2D eigenvalue weighted by Gasteiger charge is 2.21. The van der Waals surface area contributed by atoms with Crippen molar-refractivity contribution in [3.05, 3.63) is 30.9 Å². The standard InChI is InChI=1S/C13H17NO5S/c1-3-6-14-8-11-9-17-12-5-4-10(7-13(12)18-11)19-20(2,15)16/h3-5,7,11,14H,1,6,8-9H2,2H3. The van der Waals surface area contributed by atoms with E-state index in [1.807, 2.05) is 0 Å². The lowest BCUT2D eigenvalue weighted by Crippen LogP contribution is -2.38. The van der Waals surface area contributed by atoms with E-state index >= 15 is 0 Å². The van der Waals surface area contributed by atoms with Crippen molar-refractivity contribution in [1.82, 2.24) is 5.32 Å². The van der Waals surface area contributed by atoms with Gasteiger partial charge in [-0.2, -0.15) is 8.42 Å². The molecule has 0 aromatic heterocycles. The van der Waals surface area contributed by atoms with E-state index in [1.54, 1.807) is 12.1 Å². The molecule has 0 saturated carbocycles. The molecule has 20 heavy (non-hydrogen) atoms. The fraction of sp³-hybridized carbons (Fsp3) is 0.385. The van der Waals surface area contributed by atoms with Gasteiger partial charge in [-0.05, 0) is 12.1 Å². The number of benzene rings is 1. The van der Waals surface area contributed by atoms with Crippen molar-refractivity contribution in [2.45, 2.75) is 6.10 Å². The predicted octanol–water partition coefficient (Wildman–Crippen LogP) is 0.940. The summed E-state index contributed by atoms with van der Waals surface area (Å²) in [4.78, 5) is 0. The molecule has 0 amide bonds. The maximum absolute atomic E-state index is 11.1. The Balaban J connectivity index is 2.05. The second kappa shape index (κ2) is 6.15. The summed E-state index contributed by atoms with van der Waals surface area (Å²) in [6, 6.07) is 4.67. The molecule has 1 unspecified atom stereocenters. The fourth-order valence-electron chi connectivity index (χ4n) is 1.77. The van der Waals surface area contributed by atoms with E-state index in [4.69, 9.17) is 13.7 Å². The van der Waals surface area contributed by atoms with E-state index in [0.29, 0.717) is 31.2 Å². The van der Waals surface area contributed by atoms with Crippen LogP contribution in [0.1, 0.15) is 0 Å². The van der Waals surface area contributed by atoms with Gasteiger partial charge in [-0.3, -0.25) is 0 Å². The molecule has 1 aromatic carbocycles. The molecule has 1 N–H and O–H groups in total. The van der Waals surface area contributed by atoms with Gasteiger partial charge in [0.2, 0.25) is 0 Å². The third-order valence-corrected chi connectivity index (χ3v) is 3.04. The average molecular weight is 299 g/mol. The summed E-state index contributed by atoms with van der Waals surface area (Å²) in [7, 11) is -3.55. The number of ether oxygens (including phenoxy) is 2. The van der Waals surface area contributed by atoms with Crippen LogP contribution in [0.4, 0.5) is 0 Å². The summed E-state index contributed by atoms with van der Waals surface area (Å²) in [6.45, 7) is 5.35. The third-order valence-electron chi connectivity index (χ3n) is 2.54. The first-order valence-corrected chi connectivity index (χ1v) is 7.94. The van der Waals surface area contributed by atoms with E-state index in [2.05, 4.69) is 11.9 Å². The van der Waals surface area contributed by atoms with Gasteiger partial charge >= 0.3 is 10.1 Å². The van der Waals surface area contributed by atoms with Crippen LogP contribution in [-0.4, -0.2) is 40.5 Å². The molecule has 1 aromatic rings. The van der Waals surface area contributed by atoms with Crippen LogP contribution in [0, 0.1) is 0 Å². The Hall–Kier alpha value is -1.73. The van der Waals surface area contributed by atoms with Gasteiger partial charge in [0.25, 0.3) is 0 Å². The van der Waals surface area contributed by atoms with Gasteiger partial charge in [-0.1, -0.05) is 6.08 Å². The normalized spacial score (nSPS) is 17.6. The molecule has 110 valence electrons. The second-order valence-electron chi connectivity index (χ2n) is 4.39. The molecule has 0 aliphatic carbocycles. The highest BCUT2D eigenvalue weighted by molar-refractivity contribution is 7.86. The van der Waals surface area contributed by atoms with E-state index in [1.165, 1.54) is 12.1 Å². The molecule has 1 atom stereocenters. The number of fused-ring (bicyclic) bond motifs is 1. The highest BCUT2D eigenvalue weighted by atomic mass is 32.2. The minimum Gasteiger partial charge on any atom is -0.486 e. The molecule has 0 bridgehead atoms. The van der Waals surface area contributed by atoms with E-state index in [9.17, 15) is 8.42 Å². The van der Waals surface area contributed by atoms with Crippen LogP contribution in [0.5, 0.6) is 17.2 Å². The summed E-state index contributed by atoms with van der Waals surface area (Å²) >= 11 is 0. The Morgan fingerprint density at radius 2 is 2.30 bits per heavy atom. The SMILES string of the molecule is C=CCNCC1COc2ccc(OS(C)(=O)=O)cc2O1. The molecular formula is C13H17NO5S. The molecule has 0 spiro atoms. The van der Waals surface area contributed by atoms with Crippen molar-refractivity contribution in [1.29, 1.82) is 0 Å². The van der Waals surface area contributed by atoms with Crippen LogP contribution in [0.3, 0.4) is 0 Å². The van der Waals surface area contributed by atoms with Crippen molar-refractivity contribution < 1.29 is 22.1 Å². The fourth-order valence-corrected chi connectivity index (χ4v) is 2.22. The Labute approximate surface area is 118 Å². The minimum atomic E-state index is -3.55. The molecule has 0 radical (unpaired) electrons. The average Bonchev–Trinajstić information content (AvgIpc) is 2.37. The zero-order valence-electron chi connectivity index (χ0n) is 11.2. The first-order chi connectivity index (χ1) is 9.48. The monoisotopic (exact) mass is 299 g/mol. The van der Waals surface area contributed by atoms with Crippen LogP contribution in [-0.2, 0) is 10.1 Å². The van der Waals surface area contributed by atoms with Gasteiger partial charge in [-0.25, -0.2) is 0 Å². The zero-order chi connectivity index (χ0) is 14.6. The molecule has 0 fully saturated rings. The summed E-state index contributed by atoms with van der Waals surface area (Å²) in [5.41, 5.74) is 0. The summed E-state index contributed by atoms with van der Waals surface area (Å²) in [6.07, 6.45) is 2.61. The van der Waals surface area contributed by atoms with Crippen molar-refractivity contribution >= 4 is 10.1 Å². The van der Waals surface area contributed by atoms with E-state index in [-0.39, 0.29) is 11.9 Å². The topological polar surface area (TPSA) is 73.9 Å². The maximum Gasteiger partial charge on any atom is 0.306 e. The van der Waals surface area contributed by atoms with E-state index in [0.717, 1.165) is 6.26 Å². The molecule has 6 nitrogen and oxygen atoms in total. The molecule has 1 aliphatic heterocycles. The summed E-state index contributed by atoms with van der Waals surface area (Å²) in [5.74, 6) is 1.25. The Kier molecular flexibility index (Phi) is 4.51. The van der Waals surface area contributed by atoms with Crippen LogP contribution in [0.2, 0.25) is 0 Å². The zero-order valence-corrected chi connectivity index (χ0v) is 12.0. The van der Waals surface area contributed by atoms with Crippen molar-refractivity contribution in [2.24, 2.45) is 0 Å². The number of rotatable bonds is 6. The lowest BCUT2D eigenvalue weighted by atomic mass is 10.2. The number of hydrogen-bond donors (Lipinski definition) is 1. The molecule has 7 heteroatoms. The number of hydrogen-bond acceptors (Lipinski definition) is 6. The largest absolute Gasteiger partial charge is 0.486 e. The molecule has 1 heterocycles. The first kappa shape index (κ1) is 14.7. The Morgan fingerprint density at radius 3 is 3.00 bits per heavy atom. The van der Waals surface area contributed by atoms with Crippen LogP contribution >= 0.6 is 0 Å². The predicted molar refractivity (Wildman–Crippen MR) is 74.9 cm³/mol. The molecule has 1 aliphatic rings. The lowest BCUT2D eigenvalue weighted by molar-refractivity contribution is 0.0909. The summed E-state index contributed by atoms with van der Waals surface area (Å²) in [5, 5.41) is 3.14. The smallest absolute Gasteiger partial charge is 0.306 e. The Morgan fingerprint density at radius 1 is 1.50 bits per heavy atom. The molecule has 2 rings (SSSR count). The van der Waals surface area contributed by atoms with Gasteiger partial charge in [-0.15, -0.1) is 6.58 Å². The van der Waals surface area contributed by atoms with Crippen molar-refractivity contribution in [2.75, 3.05) is 26.0 Å². The lowest BCUT2D eigenvalue weighted by Gasteiger charge is -2.26. The second-order valence-corrected chi connectivity index (χ2v) is 5.97. The van der Waals surface area contributed by atoms with Crippen LogP contribution in [0.15, 0.2) is 30.9 Å². The van der Waals surface area contributed by atoms with Crippen molar-refractivity contribution in [3.63, 3.8) is 0 Å². The van der Waals surface area contributed by atoms with Gasteiger partial charge in [0.05, 0.1) is 6.26 Å². The van der Waals surface area contributed by atoms with Gasteiger partial charge < -0.3 is 19.0 Å². The maximum atomic E-state index is 11.1. The van der Waals surface area contributed by atoms with Gasteiger partial charge in [0.15, 0.2) is 11.5 Å². The van der Waals surface area contributed by atoms with Gasteiger partial charge in [0, 0.05) is 19.2 Å². The quantitative estimate of drug-likeness (QED) is 0.479. The minimum absolute atomic E-state index is 0.143. The van der Waals surface area contributed by atoms with Crippen LogP contribution in [0.25, 0.3) is 0 Å². The first-order valence-electron chi connectivity index (χ1n) is 6.12. The molecular weight excluding hydrogens is 282 g/mol. The van der Waals surface area contributed by atoms with Gasteiger partial charge in [0.1, 0.15) is 18.5 Å². The summed E-state index contributed by atoms with van der Waals surface area (Å²) < 4.78 is 38.3. The Bertz CT molecular complexity index is 584. The number of nitrogens with one attached hydrogen (secondary N) is 1.